The number of aromatic hydroxyl groups is 1. The maximum atomic E-state index is 9.49. The minimum absolute atomic E-state index is 0.0521. The molecule has 1 aliphatic heterocycles. The van der Waals surface area contributed by atoms with Crippen molar-refractivity contribution in [3.05, 3.63) is 53.0 Å². The van der Waals surface area contributed by atoms with Gasteiger partial charge in [-0.05, 0) is 36.9 Å². The van der Waals surface area contributed by atoms with E-state index in [-0.39, 0.29) is 5.75 Å². The summed E-state index contributed by atoms with van der Waals surface area (Å²) < 4.78 is 5.33. The first-order valence-corrected chi connectivity index (χ1v) is 9.16. The second-order valence-electron chi connectivity index (χ2n) is 6.67. The lowest BCUT2D eigenvalue weighted by molar-refractivity contribution is 0.313. The molecule has 1 aromatic carbocycles. The Morgan fingerprint density at radius 3 is 2.67 bits per heavy atom. The highest BCUT2D eigenvalue weighted by Crippen LogP contribution is 2.25. The Kier molecular flexibility index (Phi) is 4.96. The smallest absolute Gasteiger partial charge is 0.231 e. The zero-order valence-electron chi connectivity index (χ0n) is 15.0. The van der Waals surface area contributed by atoms with Crippen molar-refractivity contribution in [2.24, 2.45) is 0 Å². The molecule has 3 aromatic rings. The predicted octanol–water partition coefficient (Wildman–Crippen LogP) is 2.83. The highest BCUT2D eigenvalue weighted by atomic mass is 35.5. The van der Waals surface area contributed by atoms with Crippen LogP contribution in [0.1, 0.15) is 11.5 Å². The number of anilines is 1. The lowest BCUT2D eigenvalue weighted by atomic mass is 10.1. The van der Waals surface area contributed by atoms with Gasteiger partial charge in [-0.15, -0.1) is 0 Å². The van der Waals surface area contributed by atoms with Crippen LogP contribution < -0.4 is 4.90 Å². The highest BCUT2D eigenvalue weighted by Gasteiger charge is 2.16. The quantitative estimate of drug-likeness (QED) is 0.739. The molecule has 4 rings (SSSR count). The minimum Gasteiger partial charge on any atom is -0.506 e. The number of piperazine rings is 1. The first-order valence-electron chi connectivity index (χ1n) is 8.78. The summed E-state index contributed by atoms with van der Waals surface area (Å²) >= 11 is 5.93. The molecule has 0 spiro atoms. The van der Waals surface area contributed by atoms with E-state index in [9.17, 15) is 5.11 Å². The monoisotopic (exact) mass is 385 g/mol. The maximum absolute atomic E-state index is 9.49. The zero-order chi connectivity index (χ0) is 18.8. The number of hydrogen-bond acceptors (Lipinski definition) is 7. The van der Waals surface area contributed by atoms with Gasteiger partial charge in [-0.2, -0.15) is 4.98 Å². The molecule has 0 saturated carbocycles. The van der Waals surface area contributed by atoms with Crippen LogP contribution in [0.5, 0.6) is 5.75 Å². The van der Waals surface area contributed by atoms with E-state index in [2.05, 4.69) is 32.0 Å². The van der Waals surface area contributed by atoms with Crippen LogP contribution in [0.25, 0.3) is 11.5 Å². The van der Waals surface area contributed by atoms with Gasteiger partial charge >= 0.3 is 0 Å². The average Bonchev–Trinajstić information content (AvgIpc) is 3.14. The zero-order valence-corrected chi connectivity index (χ0v) is 15.7. The normalized spacial score (nSPS) is 15.3. The van der Waals surface area contributed by atoms with Gasteiger partial charge in [-0.3, -0.25) is 4.98 Å². The van der Waals surface area contributed by atoms with Crippen molar-refractivity contribution in [1.82, 2.24) is 20.0 Å². The number of aromatic nitrogens is 3. The summed E-state index contributed by atoms with van der Waals surface area (Å²) in [4.78, 5) is 13.6. The molecule has 0 aliphatic carbocycles. The molecule has 3 heterocycles. The average molecular weight is 386 g/mol. The number of phenolic OH excluding ortho intramolecular Hbond substituents is 1. The largest absolute Gasteiger partial charge is 0.506 e. The SMILES string of the molecule is CN1CCN(c2ccc(-c3noc(Cc4ccc(O)c(Cl)c4)n3)nc2)CC1. The van der Waals surface area contributed by atoms with Crippen LogP contribution in [-0.2, 0) is 6.42 Å². The Hall–Kier alpha value is -2.64. The molecule has 1 fully saturated rings. The summed E-state index contributed by atoms with van der Waals surface area (Å²) in [5.41, 5.74) is 2.66. The van der Waals surface area contributed by atoms with Crippen LogP contribution in [0.3, 0.4) is 0 Å². The second-order valence-corrected chi connectivity index (χ2v) is 7.07. The summed E-state index contributed by atoms with van der Waals surface area (Å²) in [6, 6.07) is 8.97. The summed E-state index contributed by atoms with van der Waals surface area (Å²) in [5.74, 6) is 0.979. The number of likely N-dealkylation sites (N-methyl/N-ethyl adjacent to an activating group) is 1. The second kappa shape index (κ2) is 7.54. The van der Waals surface area contributed by atoms with Gasteiger partial charge in [0.2, 0.25) is 11.7 Å². The van der Waals surface area contributed by atoms with Crippen LogP contribution >= 0.6 is 11.6 Å². The number of halogens is 1. The van der Waals surface area contributed by atoms with Crippen molar-refractivity contribution in [1.29, 1.82) is 0 Å². The minimum atomic E-state index is 0.0521. The van der Waals surface area contributed by atoms with Crippen LogP contribution in [0.2, 0.25) is 5.02 Å². The predicted molar refractivity (Wildman–Crippen MR) is 103 cm³/mol. The van der Waals surface area contributed by atoms with Crippen molar-refractivity contribution >= 4 is 17.3 Å². The Labute approximate surface area is 162 Å². The molecule has 1 N–H and O–H groups in total. The maximum Gasteiger partial charge on any atom is 0.231 e. The number of nitrogens with zero attached hydrogens (tertiary/aromatic N) is 5. The van der Waals surface area contributed by atoms with E-state index < -0.39 is 0 Å². The standard InChI is InChI=1S/C19H20ClN5O2/c1-24-6-8-25(9-7-24)14-3-4-16(21-12-14)19-22-18(27-23-19)11-13-2-5-17(26)15(20)10-13/h2-5,10,12,26H,6-9,11H2,1H3. The topological polar surface area (TPSA) is 78.5 Å². The Bertz CT molecular complexity index is 920. The van der Waals surface area contributed by atoms with Gasteiger partial charge in [0.1, 0.15) is 11.4 Å². The lowest BCUT2D eigenvalue weighted by Crippen LogP contribution is -2.44. The number of benzene rings is 1. The van der Waals surface area contributed by atoms with Crippen LogP contribution in [0, 0.1) is 0 Å². The van der Waals surface area contributed by atoms with Gasteiger partial charge in [-0.25, -0.2) is 0 Å². The van der Waals surface area contributed by atoms with Crippen molar-refractivity contribution in [3.63, 3.8) is 0 Å². The lowest BCUT2D eigenvalue weighted by Gasteiger charge is -2.33. The van der Waals surface area contributed by atoms with Crippen molar-refractivity contribution < 1.29 is 9.63 Å². The number of hydrogen-bond donors (Lipinski definition) is 1. The third-order valence-corrected chi connectivity index (χ3v) is 4.98. The van der Waals surface area contributed by atoms with E-state index >= 15 is 0 Å². The first kappa shape index (κ1) is 17.8. The van der Waals surface area contributed by atoms with E-state index in [1.165, 1.54) is 0 Å². The van der Waals surface area contributed by atoms with Crippen LogP contribution in [-0.4, -0.2) is 58.4 Å². The molecule has 0 bridgehead atoms. The first-order chi connectivity index (χ1) is 13.1. The molecule has 2 aromatic heterocycles. The summed E-state index contributed by atoms with van der Waals surface area (Å²) in [7, 11) is 2.14. The third kappa shape index (κ3) is 4.04. The Morgan fingerprint density at radius 2 is 1.96 bits per heavy atom. The van der Waals surface area contributed by atoms with E-state index in [1.807, 2.05) is 18.3 Å². The van der Waals surface area contributed by atoms with Gasteiger partial charge in [-0.1, -0.05) is 22.8 Å². The molecule has 0 amide bonds. The summed E-state index contributed by atoms with van der Waals surface area (Å²) in [6.07, 6.45) is 2.29. The molecule has 1 aliphatic rings. The van der Waals surface area contributed by atoms with Crippen molar-refractivity contribution in [3.8, 4) is 17.3 Å². The van der Waals surface area contributed by atoms with Gasteiger partial charge < -0.3 is 19.4 Å². The fraction of sp³-hybridized carbons (Fsp3) is 0.316. The van der Waals surface area contributed by atoms with Crippen LogP contribution in [0.4, 0.5) is 5.69 Å². The highest BCUT2D eigenvalue weighted by molar-refractivity contribution is 6.32. The molecule has 0 atom stereocenters. The van der Waals surface area contributed by atoms with Gasteiger partial charge in [0.05, 0.1) is 23.3 Å². The molecular formula is C19H20ClN5O2. The molecule has 7 nitrogen and oxygen atoms in total. The number of phenols is 1. The van der Waals surface area contributed by atoms with Gasteiger partial charge in [0.25, 0.3) is 0 Å². The molecule has 27 heavy (non-hydrogen) atoms. The molecular weight excluding hydrogens is 366 g/mol. The van der Waals surface area contributed by atoms with Gasteiger partial charge in [0.15, 0.2) is 0 Å². The van der Waals surface area contributed by atoms with E-state index in [4.69, 9.17) is 16.1 Å². The van der Waals surface area contributed by atoms with E-state index in [0.29, 0.717) is 28.9 Å². The molecule has 0 radical (unpaired) electrons. The van der Waals surface area contributed by atoms with Crippen molar-refractivity contribution in [2.45, 2.75) is 6.42 Å². The fourth-order valence-electron chi connectivity index (χ4n) is 3.04. The van der Waals surface area contributed by atoms with Crippen LogP contribution in [0.15, 0.2) is 41.1 Å². The van der Waals surface area contributed by atoms with Crippen molar-refractivity contribution in [2.75, 3.05) is 38.1 Å². The fourth-order valence-corrected chi connectivity index (χ4v) is 3.24. The molecule has 140 valence electrons. The summed E-state index contributed by atoms with van der Waals surface area (Å²) in [6.45, 7) is 4.10. The number of rotatable bonds is 4. The Balaban J connectivity index is 1.45. The number of pyridine rings is 1. The molecule has 1 saturated heterocycles. The molecule has 8 heteroatoms. The van der Waals surface area contributed by atoms with E-state index in [1.54, 1.807) is 18.2 Å². The van der Waals surface area contributed by atoms with E-state index in [0.717, 1.165) is 37.4 Å². The Morgan fingerprint density at radius 1 is 1.15 bits per heavy atom. The van der Waals surface area contributed by atoms with Gasteiger partial charge in [0, 0.05) is 26.2 Å². The molecule has 0 unspecified atom stereocenters. The third-order valence-electron chi connectivity index (χ3n) is 4.68. The summed E-state index contributed by atoms with van der Waals surface area (Å²) in [5, 5.41) is 13.8.